The summed E-state index contributed by atoms with van der Waals surface area (Å²) in [6.07, 6.45) is 0.854. The van der Waals surface area contributed by atoms with Crippen LogP contribution in [0.5, 0.6) is 0 Å². The maximum absolute atomic E-state index is 13.4. The van der Waals surface area contributed by atoms with Gasteiger partial charge >= 0.3 is 5.97 Å². The zero-order valence-electron chi connectivity index (χ0n) is 10.6. The molecular formula is C13H18FNO2S. The van der Waals surface area contributed by atoms with Crippen molar-refractivity contribution in [2.75, 3.05) is 12.3 Å². The number of thioether (sulfide) groups is 1. The quantitative estimate of drug-likeness (QED) is 0.749. The number of carbonyl (C=O) groups is 1. The minimum absolute atomic E-state index is 0.281. The Morgan fingerprint density at radius 2 is 2.17 bits per heavy atom. The van der Waals surface area contributed by atoms with Gasteiger partial charge in [0.1, 0.15) is 11.4 Å². The zero-order chi connectivity index (χ0) is 13.6. The lowest BCUT2D eigenvalue weighted by atomic mass is 10.1. The third-order valence-electron chi connectivity index (χ3n) is 2.59. The van der Waals surface area contributed by atoms with Gasteiger partial charge in [-0.1, -0.05) is 19.1 Å². The molecule has 5 heteroatoms. The van der Waals surface area contributed by atoms with E-state index in [1.54, 1.807) is 25.1 Å². The Labute approximate surface area is 111 Å². The van der Waals surface area contributed by atoms with Crippen LogP contribution in [0.2, 0.25) is 0 Å². The molecule has 0 fully saturated rings. The summed E-state index contributed by atoms with van der Waals surface area (Å²) >= 11 is 1.21. The van der Waals surface area contributed by atoms with Crippen molar-refractivity contribution >= 4 is 17.7 Å². The normalized spacial score (nSPS) is 14.2. The van der Waals surface area contributed by atoms with E-state index in [1.165, 1.54) is 17.8 Å². The summed E-state index contributed by atoms with van der Waals surface area (Å²) in [5.41, 5.74) is -1.04. The van der Waals surface area contributed by atoms with Gasteiger partial charge in [0, 0.05) is 10.6 Å². The number of rotatable bonds is 7. The fourth-order valence-electron chi connectivity index (χ4n) is 1.37. The number of carboxylic acid groups (broad SMARTS) is 1. The molecule has 0 saturated heterocycles. The molecule has 0 amide bonds. The van der Waals surface area contributed by atoms with Crippen molar-refractivity contribution in [3.8, 4) is 0 Å². The molecule has 18 heavy (non-hydrogen) atoms. The lowest BCUT2D eigenvalue weighted by Crippen LogP contribution is -2.51. The minimum atomic E-state index is -1.04. The molecule has 100 valence electrons. The molecule has 1 aromatic rings. The summed E-state index contributed by atoms with van der Waals surface area (Å²) in [4.78, 5) is 11.7. The second kappa shape index (κ2) is 6.75. The summed E-state index contributed by atoms with van der Waals surface area (Å²) in [7, 11) is 0. The number of hydrogen-bond acceptors (Lipinski definition) is 3. The van der Waals surface area contributed by atoms with Crippen LogP contribution < -0.4 is 5.32 Å². The molecule has 0 bridgehead atoms. The topological polar surface area (TPSA) is 49.3 Å². The van der Waals surface area contributed by atoms with Crippen LogP contribution in [0.15, 0.2) is 29.2 Å². The molecule has 0 aliphatic heterocycles. The fourth-order valence-corrected chi connectivity index (χ4v) is 2.42. The smallest absolute Gasteiger partial charge is 0.324 e. The molecular weight excluding hydrogens is 253 g/mol. The van der Waals surface area contributed by atoms with Crippen LogP contribution in [0.1, 0.15) is 20.3 Å². The molecule has 3 nitrogen and oxygen atoms in total. The van der Waals surface area contributed by atoms with Crippen LogP contribution in [-0.2, 0) is 4.79 Å². The molecule has 1 aromatic carbocycles. The van der Waals surface area contributed by atoms with E-state index in [4.69, 9.17) is 0 Å². The Morgan fingerprint density at radius 3 is 2.72 bits per heavy atom. The number of aliphatic carboxylic acids is 1. The highest BCUT2D eigenvalue weighted by molar-refractivity contribution is 7.99. The van der Waals surface area contributed by atoms with Gasteiger partial charge in [0.05, 0.1) is 0 Å². The first kappa shape index (κ1) is 15.0. The van der Waals surface area contributed by atoms with Crippen molar-refractivity contribution in [2.45, 2.75) is 30.7 Å². The lowest BCUT2D eigenvalue weighted by molar-refractivity contribution is -0.143. The van der Waals surface area contributed by atoms with Crippen molar-refractivity contribution < 1.29 is 14.3 Å². The molecule has 1 rings (SSSR count). The first-order valence-corrected chi connectivity index (χ1v) is 6.84. The van der Waals surface area contributed by atoms with E-state index in [2.05, 4.69) is 5.32 Å². The summed E-state index contributed by atoms with van der Waals surface area (Å²) in [5, 5.41) is 12.2. The second-order valence-electron chi connectivity index (χ2n) is 4.28. The van der Waals surface area contributed by atoms with E-state index in [-0.39, 0.29) is 11.6 Å². The van der Waals surface area contributed by atoms with Crippen LogP contribution in [0, 0.1) is 5.82 Å². The van der Waals surface area contributed by atoms with Gasteiger partial charge in [0.2, 0.25) is 0 Å². The van der Waals surface area contributed by atoms with E-state index in [9.17, 15) is 14.3 Å². The van der Waals surface area contributed by atoms with Crippen LogP contribution in [-0.4, -0.2) is 28.9 Å². The maximum Gasteiger partial charge on any atom is 0.324 e. The van der Waals surface area contributed by atoms with Gasteiger partial charge in [-0.05, 0) is 32.0 Å². The van der Waals surface area contributed by atoms with Gasteiger partial charge in [-0.3, -0.25) is 4.79 Å². The maximum atomic E-state index is 13.4. The SMILES string of the molecule is CCCNC(C)(CSc1ccccc1F)C(=O)O. The standard InChI is InChI=1S/C13H18FNO2S/c1-3-8-15-13(2,12(16)17)9-18-11-7-5-4-6-10(11)14/h4-7,15H,3,8-9H2,1-2H3,(H,16,17). The molecule has 0 aliphatic rings. The molecule has 1 unspecified atom stereocenters. The van der Waals surface area contributed by atoms with Gasteiger partial charge in [-0.25, -0.2) is 4.39 Å². The Hall–Kier alpha value is -1.07. The molecule has 0 radical (unpaired) electrons. The third-order valence-corrected chi connectivity index (χ3v) is 3.95. The summed E-state index contributed by atoms with van der Waals surface area (Å²) in [6.45, 7) is 4.22. The molecule has 0 spiro atoms. The highest BCUT2D eigenvalue weighted by Crippen LogP contribution is 2.25. The van der Waals surface area contributed by atoms with Gasteiger partial charge in [-0.2, -0.15) is 0 Å². The van der Waals surface area contributed by atoms with Crippen molar-refractivity contribution in [2.24, 2.45) is 0 Å². The molecule has 0 aromatic heterocycles. The Kier molecular flexibility index (Phi) is 5.62. The summed E-state index contributed by atoms with van der Waals surface area (Å²) < 4.78 is 13.4. The first-order chi connectivity index (χ1) is 8.49. The van der Waals surface area contributed by atoms with Crippen LogP contribution >= 0.6 is 11.8 Å². The number of hydrogen-bond donors (Lipinski definition) is 2. The Bertz CT molecular complexity index is 414. The van der Waals surface area contributed by atoms with Crippen LogP contribution in [0.4, 0.5) is 4.39 Å². The average Bonchev–Trinajstić information content (AvgIpc) is 2.35. The van der Waals surface area contributed by atoms with Crippen molar-refractivity contribution in [1.82, 2.24) is 5.32 Å². The van der Waals surface area contributed by atoms with Crippen LogP contribution in [0.25, 0.3) is 0 Å². The van der Waals surface area contributed by atoms with Crippen molar-refractivity contribution in [3.63, 3.8) is 0 Å². The monoisotopic (exact) mass is 271 g/mol. The number of benzene rings is 1. The molecule has 2 N–H and O–H groups in total. The molecule has 1 atom stereocenters. The highest BCUT2D eigenvalue weighted by Gasteiger charge is 2.32. The predicted octanol–water partition coefficient (Wildman–Crippen LogP) is 2.76. The zero-order valence-corrected chi connectivity index (χ0v) is 11.4. The Morgan fingerprint density at radius 1 is 1.50 bits per heavy atom. The second-order valence-corrected chi connectivity index (χ2v) is 5.30. The summed E-state index contributed by atoms with van der Waals surface area (Å²) in [5.74, 6) is -0.950. The lowest BCUT2D eigenvalue weighted by Gasteiger charge is -2.25. The summed E-state index contributed by atoms with van der Waals surface area (Å²) in [6, 6.07) is 6.39. The largest absolute Gasteiger partial charge is 0.480 e. The number of carboxylic acids is 1. The van der Waals surface area contributed by atoms with Gasteiger partial charge < -0.3 is 10.4 Å². The van der Waals surface area contributed by atoms with Gasteiger partial charge in [0.15, 0.2) is 0 Å². The molecule has 0 saturated carbocycles. The molecule has 0 aliphatic carbocycles. The van der Waals surface area contributed by atoms with E-state index >= 15 is 0 Å². The average molecular weight is 271 g/mol. The number of halogens is 1. The van der Waals surface area contributed by atoms with Crippen molar-refractivity contribution in [1.29, 1.82) is 0 Å². The van der Waals surface area contributed by atoms with E-state index in [0.717, 1.165) is 6.42 Å². The van der Waals surface area contributed by atoms with E-state index in [0.29, 0.717) is 11.4 Å². The van der Waals surface area contributed by atoms with E-state index < -0.39 is 11.5 Å². The first-order valence-electron chi connectivity index (χ1n) is 5.85. The molecule has 0 heterocycles. The Balaban J connectivity index is 2.68. The predicted molar refractivity (Wildman–Crippen MR) is 71.5 cm³/mol. The fraction of sp³-hybridized carbons (Fsp3) is 0.462. The number of nitrogens with one attached hydrogen (secondary N) is 1. The third kappa shape index (κ3) is 3.99. The van der Waals surface area contributed by atoms with Gasteiger partial charge in [0.25, 0.3) is 0 Å². The minimum Gasteiger partial charge on any atom is -0.480 e. The van der Waals surface area contributed by atoms with Gasteiger partial charge in [-0.15, -0.1) is 11.8 Å². The van der Waals surface area contributed by atoms with E-state index in [1.807, 2.05) is 6.92 Å². The van der Waals surface area contributed by atoms with Crippen LogP contribution in [0.3, 0.4) is 0 Å². The van der Waals surface area contributed by atoms with Crippen molar-refractivity contribution in [3.05, 3.63) is 30.1 Å². The highest BCUT2D eigenvalue weighted by atomic mass is 32.2.